The lowest BCUT2D eigenvalue weighted by molar-refractivity contribution is -0.130. The van der Waals surface area contributed by atoms with Crippen LogP contribution in [0.25, 0.3) is 0 Å². The van der Waals surface area contributed by atoms with E-state index in [0.29, 0.717) is 11.3 Å². The highest BCUT2D eigenvalue weighted by Gasteiger charge is 2.41. The Morgan fingerprint density at radius 1 is 1.31 bits per heavy atom. The van der Waals surface area contributed by atoms with E-state index in [9.17, 15) is 4.79 Å². The second-order valence-corrected chi connectivity index (χ2v) is 6.23. The molecule has 0 radical (unpaired) electrons. The van der Waals surface area contributed by atoms with Gasteiger partial charge in [0.25, 0.3) is 0 Å². The number of amides is 1. The summed E-state index contributed by atoms with van der Waals surface area (Å²) >= 11 is 1.88. The molecule has 2 saturated carbocycles. The minimum atomic E-state index is -0.541. The zero-order valence-corrected chi connectivity index (χ0v) is 10.8. The number of carbonyl (C=O) groups is 1. The second kappa shape index (κ2) is 4.96. The highest BCUT2D eigenvalue weighted by atomic mass is 32.2. The molecule has 2 fully saturated rings. The molecule has 2 unspecified atom stereocenters. The fourth-order valence-corrected chi connectivity index (χ4v) is 3.58. The highest BCUT2D eigenvalue weighted by Crippen LogP contribution is 2.31. The molecule has 3 N–H and O–H groups in total. The molecule has 2 rings (SSSR count). The molecule has 1 amide bonds. The van der Waals surface area contributed by atoms with Gasteiger partial charge in [-0.2, -0.15) is 11.8 Å². The van der Waals surface area contributed by atoms with Gasteiger partial charge in [-0.25, -0.2) is 0 Å². The molecule has 3 nitrogen and oxygen atoms in total. The molecule has 4 heteroatoms. The van der Waals surface area contributed by atoms with Crippen molar-refractivity contribution >= 4 is 17.7 Å². The van der Waals surface area contributed by atoms with E-state index < -0.39 is 5.54 Å². The maximum Gasteiger partial charge on any atom is 0.240 e. The Kier molecular flexibility index (Phi) is 3.80. The standard InChI is InChI=1S/C12H22N2OS/c1-16-10-6-3-2-5-9(10)14-11(15)12(13)7-4-8-12/h9-10H,2-8,13H2,1H3,(H,14,15). The van der Waals surface area contributed by atoms with Crippen molar-refractivity contribution < 1.29 is 4.79 Å². The van der Waals surface area contributed by atoms with Crippen molar-refractivity contribution in [3.05, 3.63) is 0 Å². The lowest BCUT2D eigenvalue weighted by Crippen LogP contribution is -2.61. The van der Waals surface area contributed by atoms with Crippen molar-refractivity contribution in [1.82, 2.24) is 5.32 Å². The van der Waals surface area contributed by atoms with E-state index in [1.807, 2.05) is 11.8 Å². The van der Waals surface area contributed by atoms with E-state index in [4.69, 9.17) is 5.73 Å². The molecular weight excluding hydrogens is 220 g/mol. The van der Waals surface area contributed by atoms with Crippen molar-refractivity contribution in [3.8, 4) is 0 Å². The molecule has 16 heavy (non-hydrogen) atoms. The van der Waals surface area contributed by atoms with Gasteiger partial charge in [0, 0.05) is 11.3 Å². The van der Waals surface area contributed by atoms with Crippen LogP contribution in [0.1, 0.15) is 44.9 Å². The molecule has 0 saturated heterocycles. The van der Waals surface area contributed by atoms with Crippen LogP contribution in [-0.2, 0) is 4.79 Å². The number of hydrogen-bond donors (Lipinski definition) is 2. The Morgan fingerprint density at radius 2 is 2.00 bits per heavy atom. The fourth-order valence-electron chi connectivity index (χ4n) is 2.64. The topological polar surface area (TPSA) is 55.1 Å². The van der Waals surface area contributed by atoms with E-state index in [-0.39, 0.29) is 5.91 Å². The molecular formula is C12H22N2OS. The molecule has 0 aliphatic heterocycles. The molecule has 0 spiro atoms. The van der Waals surface area contributed by atoms with Crippen LogP contribution in [0.5, 0.6) is 0 Å². The SMILES string of the molecule is CSC1CCCCC1NC(=O)C1(N)CCC1. The number of hydrogen-bond acceptors (Lipinski definition) is 3. The molecule has 2 aliphatic rings. The summed E-state index contributed by atoms with van der Waals surface area (Å²) in [6.07, 6.45) is 9.82. The maximum absolute atomic E-state index is 12.0. The van der Waals surface area contributed by atoms with Gasteiger partial charge in [0.1, 0.15) is 0 Å². The van der Waals surface area contributed by atoms with Crippen molar-refractivity contribution in [3.63, 3.8) is 0 Å². The first-order valence-corrected chi connectivity index (χ1v) is 7.57. The van der Waals surface area contributed by atoms with Crippen LogP contribution in [0.15, 0.2) is 0 Å². The second-order valence-electron chi connectivity index (χ2n) is 5.15. The Morgan fingerprint density at radius 3 is 2.56 bits per heavy atom. The number of nitrogens with two attached hydrogens (primary N) is 1. The summed E-state index contributed by atoms with van der Waals surface area (Å²) in [4.78, 5) is 12.0. The van der Waals surface area contributed by atoms with Crippen molar-refractivity contribution in [1.29, 1.82) is 0 Å². The largest absolute Gasteiger partial charge is 0.351 e. The van der Waals surface area contributed by atoms with Crippen LogP contribution < -0.4 is 11.1 Å². The minimum Gasteiger partial charge on any atom is -0.351 e. The van der Waals surface area contributed by atoms with Gasteiger partial charge in [0.15, 0.2) is 0 Å². The zero-order valence-electron chi connectivity index (χ0n) is 10.00. The summed E-state index contributed by atoms with van der Waals surface area (Å²) in [6.45, 7) is 0. The summed E-state index contributed by atoms with van der Waals surface area (Å²) in [5.74, 6) is 0.0877. The molecule has 0 aromatic carbocycles. The van der Waals surface area contributed by atoms with Gasteiger partial charge in [-0.05, 0) is 38.4 Å². The molecule has 0 heterocycles. The third-order valence-corrected chi connectivity index (χ3v) is 5.19. The van der Waals surface area contributed by atoms with Crippen LogP contribution in [-0.4, -0.2) is 29.0 Å². The normalized spacial score (nSPS) is 32.9. The maximum atomic E-state index is 12.0. The van der Waals surface area contributed by atoms with E-state index in [2.05, 4.69) is 11.6 Å². The Bertz CT molecular complexity index is 266. The first-order valence-electron chi connectivity index (χ1n) is 6.28. The van der Waals surface area contributed by atoms with Crippen LogP contribution in [0, 0.1) is 0 Å². The summed E-state index contributed by atoms with van der Waals surface area (Å²) < 4.78 is 0. The lowest BCUT2D eigenvalue weighted by atomic mass is 9.76. The summed E-state index contributed by atoms with van der Waals surface area (Å²) in [5, 5.41) is 3.76. The van der Waals surface area contributed by atoms with Crippen molar-refractivity contribution in [2.45, 2.75) is 61.8 Å². The summed E-state index contributed by atoms with van der Waals surface area (Å²) in [6, 6.07) is 0.345. The average Bonchev–Trinajstić information content (AvgIpc) is 2.26. The van der Waals surface area contributed by atoms with Gasteiger partial charge in [-0.1, -0.05) is 12.8 Å². The van der Waals surface area contributed by atoms with Gasteiger partial charge in [0.2, 0.25) is 5.91 Å². The predicted octanol–water partition coefficient (Wildman–Crippen LogP) is 1.66. The van der Waals surface area contributed by atoms with E-state index in [1.54, 1.807) is 0 Å². The number of rotatable bonds is 3. The van der Waals surface area contributed by atoms with Crippen LogP contribution in [0.2, 0.25) is 0 Å². The smallest absolute Gasteiger partial charge is 0.240 e. The van der Waals surface area contributed by atoms with Crippen LogP contribution >= 0.6 is 11.8 Å². The third kappa shape index (κ3) is 2.38. The number of thioether (sulfide) groups is 1. The summed E-state index contributed by atoms with van der Waals surface area (Å²) in [5.41, 5.74) is 5.49. The lowest BCUT2D eigenvalue weighted by Gasteiger charge is -2.39. The molecule has 0 aromatic rings. The van der Waals surface area contributed by atoms with Crippen molar-refractivity contribution in [2.75, 3.05) is 6.26 Å². The Labute approximate surface area is 102 Å². The van der Waals surface area contributed by atoms with Crippen molar-refractivity contribution in [2.24, 2.45) is 5.73 Å². The molecule has 0 aromatic heterocycles. The zero-order chi connectivity index (χ0) is 11.6. The first-order chi connectivity index (χ1) is 7.65. The fraction of sp³-hybridized carbons (Fsp3) is 0.917. The highest BCUT2D eigenvalue weighted by molar-refractivity contribution is 7.99. The molecule has 92 valence electrons. The average molecular weight is 242 g/mol. The third-order valence-electron chi connectivity index (χ3n) is 4.02. The Balaban J connectivity index is 1.89. The Hall–Kier alpha value is -0.220. The minimum absolute atomic E-state index is 0.0877. The predicted molar refractivity (Wildman–Crippen MR) is 68.5 cm³/mol. The van der Waals surface area contributed by atoms with Crippen LogP contribution in [0.4, 0.5) is 0 Å². The molecule has 2 atom stereocenters. The molecule has 2 aliphatic carbocycles. The van der Waals surface area contributed by atoms with E-state index in [1.165, 1.54) is 19.3 Å². The quantitative estimate of drug-likeness (QED) is 0.791. The van der Waals surface area contributed by atoms with Gasteiger partial charge in [-0.3, -0.25) is 4.79 Å². The van der Waals surface area contributed by atoms with Gasteiger partial charge >= 0.3 is 0 Å². The van der Waals surface area contributed by atoms with E-state index in [0.717, 1.165) is 25.7 Å². The van der Waals surface area contributed by atoms with E-state index >= 15 is 0 Å². The molecule has 0 bridgehead atoms. The van der Waals surface area contributed by atoms with Gasteiger partial charge < -0.3 is 11.1 Å². The monoisotopic (exact) mass is 242 g/mol. The number of carbonyl (C=O) groups excluding carboxylic acids is 1. The van der Waals surface area contributed by atoms with Crippen LogP contribution in [0.3, 0.4) is 0 Å². The van der Waals surface area contributed by atoms with Gasteiger partial charge in [0.05, 0.1) is 5.54 Å². The van der Waals surface area contributed by atoms with Gasteiger partial charge in [-0.15, -0.1) is 0 Å². The summed E-state index contributed by atoms with van der Waals surface area (Å²) in [7, 11) is 0. The first kappa shape index (κ1) is 12.2. The number of nitrogens with one attached hydrogen (secondary N) is 1.